The third-order valence-corrected chi connectivity index (χ3v) is 7.13. The fourth-order valence-corrected chi connectivity index (χ4v) is 5.30. The summed E-state index contributed by atoms with van der Waals surface area (Å²) in [6.45, 7) is 9.12. The summed E-state index contributed by atoms with van der Waals surface area (Å²) in [5, 5.41) is 4.08. The third-order valence-electron chi connectivity index (χ3n) is 7.13. The van der Waals surface area contributed by atoms with E-state index in [4.69, 9.17) is 14.0 Å². The van der Waals surface area contributed by atoms with Crippen LogP contribution >= 0.6 is 0 Å². The second-order valence-corrected chi connectivity index (χ2v) is 9.47. The molecule has 170 valence electrons. The zero-order valence-corrected chi connectivity index (χ0v) is 18.3. The number of hydrogen-bond donors (Lipinski definition) is 0. The van der Waals surface area contributed by atoms with Gasteiger partial charge >= 0.3 is 0 Å². The Balaban J connectivity index is 1.16. The van der Waals surface area contributed by atoms with Gasteiger partial charge in [-0.2, -0.15) is 0 Å². The largest absolute Gasteiger partial charge is 0.379 e. The van der Waals surface area contributed by atoms with Crippen LogP contribution in [0.2, 0.25) is 0 Å². The van der Waals surface area contributed by atoms with Crippen LogP contribution in [0.3, 0.4) is 0 Å². The second kappa shape index (κ2) is 8.52. The van der Waals surface area contributed by atoms with Gasteiger partial charge in [-0.25, -0.2) is 0 Å². The van der Waals surface area contributed by atoms with E-state index in [0.717, 1.165) is 51.0 Å². The van der Waals surface area contributed by atoms with Crippen molar-refractivity contribution in [1.29, 1.82) is 0 Å². The van der Waals surface area contributed by atoms with Gasteiger partial charge in [0.2, 0.25) is 5.91 Å². The monoisotopic (exact) mass is 432 g/mol. The van der Waals surface area contributed by atoms with Gasteiger partial charge < -0.3 is 23.8 Å². The van der Waals surface area contributed by atoms with E-state index in [9.17, 15) is 9.59 Å². The molecule has 1 aromatic heterocycles. The van der Waals surface area contributed by atoms with Crippen molar-refractivity contribution in [3.05, 3.63) is 17.0 Å². The van der Waals surface area contributed by atoms with Gasteiger partial charge in [-0.05, 0) is 32.1 Å². The Labute approximate surface area is 182 Å². The molecule has 0 bridgehead atoms. The SMILES string of the molecule is Cc1onc(C(=O)N2CC3(CC(CC(=O)N4CCCC4)CO3)C2)c1CN1CCOCC1. The molecule has 4 aliphatic heterocycles. The van der Waals surface area contributed by atoms with E-state index in [1.54, 1.807) is 4.90 Å². The zero-order chi connectivity index (χ0) is 21.4. The highest BCUT2D eigenvalue weighted by Crippen LogP contribution is 2.40. The molecule has 31 heavy (non-hydrogen) atoms. The van der Waals surface area contributed by atoms with Gasteiger partial charge in [0.15, 0.2) is 5.69 Å². The molecule has 4 fully saturated rings. The lowest BCUT2D eigenvalue weighted by atomic mass is 9.85. The van der Waals surface area contributed by atoms with Gasteiger partial charge in [-0.15, -0.1) is 0 Å². The fraction of sp³-hybridized carbons (Fsp3) is 0.773. The lowest BCUT2D eigenvalue weighted by Crippen LogP contribution is -2.63. The van der Waals surface area contributed by atoms with Crippen LogP contribution < -0.4 is 0 Å². The molecule has 0 aromatic carbocycles. The van der Waals surface area contributed by atoms with Gasteiger partial charge in [0.1, 0.15) is 11.4 Å². The summed E-state index contributed by atoms with van der Waals surface area (Å²) >= 11 is 0. The van der Waals surface area contributed by atoms with Crippen LogP contribution in [0.5, 0.6) is 0 Å². The molecule has 1 unspecified atom stereocenters. The summed E-state index contributed by atoms with van der Waals surface area (Å²) in [7, 11) is 0. The Morgan fingerprint density at radius 1 is 1.10 bits per heavy atom. The van der Waals surface area contributed by atoms with Crippen LogP contribution in [-0.2, 0) is 20.8 Å². The molecule has 0 radical (unpaired) electrons. The summed E-state index contributed by atoms with van der Waals surface area (Å²) in [5.74, 6) is 1.10. The van der Waals surface area contributed by atoms with Crippen molar-refractivity contribution in [2.45, 2.75) is 44.8 Å². The fourth-order valence-electron chi connectivity index (χ4n) is 5.30. The van der Waals surface area contributed by atoms with Gasteiger partial charge in [-0.3, -0.25) is 14.5 Å². The number of ether oxygens (including phenoxy) is 2. The molecule has 4 saturated heterocycles. The molecule has 1 aromatic rings. The number of morpholine rings is 1. The molecule has 0 saturated carbocycles. The molecule has 5 rings (SSSR count). The number of aryl methyl sites for hydroxylation is 1. The maximum Gasteiger partial charge on any atom is 0.276 e. The predicted octanol–water partition coefficient (Wildman–Crippen LogP) is 1.06. The van der Waals surface area contributed by atoms with Crippen molar-refractivity contribution in [2.24, 2.45) is 5.92 Å². The highest BCUT2D eigenvalue weighted by atomic mass is 16.5. The van der Waals surface area contributed by atoms with E-state index >= 15 is 0 Å². The maximum atomic E-state index is 13.1. The first-order valence-corrected chi connectivity index (χ1v) is 11.5. The number of carbonyl (C=O) groups is 2. The molecule has 1 spiro atoms. The minimum Gasteiger partial charge on any atom is -0.379 e. The standard InChI is InChI=1S/C22H32N4O5/c1-16-18(12-24-6-8-29-9-7-24)20(23-31-16)21(28)26-14-22(15-26)11-17(13-30-22)10-19(27)25-4-2-3-5-25/h17H,2-15H2,1H3. The van der Waals surface area contributed by atoms with E-state index in [-0.39, 0.29) is 23.3 Å². The first kappa shape index (κ1) is 20.9. The van der Waals surface area contributed by atoms with Gasteiger partial charge in [0.05, 0.1) is 32.9 Å². The smallest absolute Gasteiger partial charge is 0.276 e. The quantitative estimate of drug-likeness (QED) is 0.687. The predicted molar refractivity (Wildman–Crippen MR) is 110 cm³/mol. The molecular formula is C22H32N4O5. The van der Waals surface area contributed by atoms with Gasteiger partial charge in [0.25, 0.3) is 5.91 Å². The van der Waals surface area contributed by atoms with Crippen molar-refractivity contribution in [1.82, 2.24) is 19.9 Å². The van der Waals surface area contributed by atoms with Crippen LogP contribution in [-0.4, -0.2) is 96.4 Å². The van der Waals surface area contributed by atoms with Crippen LogP contribution in [0.15, 0.2) is 4.52 Å². The van der Waals surface area contributed by atoms with Crippen LogP contribution in [0.1, 0.15) is 47.5 Å². The number of aromatic nitrogens is 1. The average Bonchev–Trinajstić information content (AvgIpc) is 3.49. The van der Waals surface area contributed by atoms with E-state index in [0.29, 0.717) is 57.3 Å². The Morgan fingerprint density at radius 2 is 1.84 bits per heavy atom. The maximum absolute atomic E-state index is 13.1. The number of likely N-dealkylation sites (tertiary alicyclic amines) is 2. The molecule has 0 N–H and O–H groups in total. The minimum absolute atomic E-state index is 0.0917. The van der Waals surface area contributed by atoms with Crippen molar-refractivity contribution < 1.29 is 23.6 Å². The zero-order valence-electron chi connectivity index (χ0n) is 18.3. The summed E-state index contributed by atoms with van der Waals surface area (Å²) in [6, 6.07) is 0. The number of amides is 2. The van der Waals surface area contributed by atoms with Crippen molar-refractivity contribution in [2.75, 3.05) is 59.1 Å². The lowest BCUT2D eigenvalue weighted by molar-refractivity contribution is -0.131. The first-order valence-electron chi connectivity index (χ1n) is 11.5. The van der Waals surface area contributed by atoms with Crippen molar-refractivity contribution >= 4 is 11.8 Å². The van der Waals surface area contributed by atoms with Crippen LogP contribution in [0.4, 0.5) is 0 Å². The molecule has 1 atom stereocenters. The Kier molecular flexibility index (Phi) is 5.75. The molecule has 2 amide bonds. The van der Waals surface area contributed by atoms with Crippen molar-refractivity contribution in [3.8, 4) is 0 Å². The first-order chi connectivity index (χ1) is 15.0. The average molecular weight is 433 g/mol. The summed E-state index contributed by atoms with van der Waals surface area (Å²) in [6.07, 6.45) is 3.63. The number of rotatable bonds is 5. The topological polar surface area (TPSA) is 88.4 Å². The third kappa shape index (κ3) is 4.23. The van der Waals surface area contributed by atoms with E-state index < -0.39 is 0 Å². The summed E-state index contributed by atoms with van der Waals surface area (Å²) in [4.78, 5) is 31.6. The molecular weight excluding hydrogens is 400 g/mol. The molecule has 9 nitrogen and oxygen atoms in total. The molecule has 4 aliphatic rings. The Hall–Kier alpha value is -1.97. The molecule has 9 heteroatoms. The van der Waals surface area contributed by atoms with E-state index in [1.807, 2.05) is 11.8 Å². The number of carbonyl (C=O) groups excluding carboxylic acids is 2. The highest BCUT2D eigenvalue weighted by Gasteiger charge is 2.52. The number of hydrogen-bond acceptors (Lipinski definition) is 7. The normalized spacial score (nSPS) is 25.9. The second-order valence-electron chi connectivity index (χ2n) is 9.47. The lowest BCUT2D eigenvalue weighted by Gasteiger charge is -2.47. The summed E-state index contributed by atoms with van der Waals surface area (Å²) < 4.78 is 16.9. The molecule has 5 heterocycles. The van der Waals surface area contributed by atoms with Crippen molar-refractivity contribution in [3.63, 3.8) is 0 Å². The van der Waals surface area contributed by atoms with E-state index in [2.05, 4.69) is 10.1 Å². The van der Waals surface area contributed by atoms with Gasteiger partial charge in [-0.1, -0.05) is 5.16 Å². The Bertz CT molecular complexity index is 822. The molecule has 0 aliphatic carbocycles. The van der Waals surface area contributed by atoms with Crippen LogP contribution in [0, 0.1) is 12.8 Å². The summed E-state index contributed by atoms with van der Waals surface area (Å²) in [5.41, 5.74) is 0.987. The minimum atomic E-state index is -0.297. The highest BCUT2D eigenvalue weighted by molar-refractivity contribution is 5.94. The van der Waals surface area contributed by atoms with E-state index in [1.165, 1.54) is 0 Å². The number of nitrogens with zero attached hydrogens (tertiary/aromatic N) is 4. The van der Waals surface area contributed by atoms with Gasteiger partial charge in [0, 0.05) is 44.7 Å². The van der Waals surface area contributed by atoms with Crippen LogP contribution in [0.25, 0.3) is 0 Å². The Morgan fingerprint density at radius 3 is 2.58 bits per heavy atom.